The van der Waals surface area contributed by atoms with Gasteiger partial charge < -0.3 is 15.0 Å². The van der Waals surface area contributed by atoms with Crippen LogP contribution in [0.4, 0.5) is 0 Å². The highest BCUT2D eigenvalue weighted by Gasteiger charge is 2.43. The topological polar surface area (TPSA) is 73.4 Å². The Morgan fingerprint density at radius 1 is 1.12 bits per heavy atom. The average Bonchev–Trinajstić information content (AvgIpc) is 3.53. The van der Waals surface area contributed by atoms with Gasteiger partial charge in [0.25, 0.3) is 5.91 Å². The molecule has 0 aliphatic carbocycles. The molecule has 6 heteroatoms. The van der Waals surface area contributed by atoms with Crippen LogP contribution in [0.5, 0.6) is 0 Å². The molecule has 1 unspecified atom stereocenters. The summed E-state index contributed by atoms with van der Waals surface area (Å²) in [6, 6.07) is 16.9. The molecule has 3 heterocycles. The number of aliphatic hydroxyl groups excluding tert-OH is 1. The standard InChI is InChI=1S/C26H22N2O3S/c1-16-6-8-17(9-7-16)23-22(24(29)19-11-13-32-15-19)25(30)26(31)28(23)12-10-18-14-27-21-5-3-2-4-20(18)21/h2-9,11,13-15,23,27,30H,10,12H2,1H3. The van der Waals surface area contributed by atoms with E-state index in [1.807, 2.05) is 67.0 Å². The summed E-state index contributed by atoms with van der Waals surface area (Å²) in [4.78, 5) is 31.3. The Balaban J connectivity index is 1.51. The SMILES string of the molecule is Cc1ccc(C2C(C(=O)c3ccsc3)=C(O)C(=O)N2CCc2c[nH]c3ccccc23)cc1. The fourth-order valence-corrected chi connectivity index (χ4v) is 4.98. The third kappa shape index (κ3) is 3.42. The number of thiophene rings is 1. The number of fused-ring (bicyclic) bond motifs is 1. The highest BCUT2D eigenvalue weighted by atomic mass is 32.1. The molecule has 1 atom stereocenters. The first-order valence-electron chi connectivity index (χ1n) is 10.5. The number of benzene rings is 2. The number of para-hydroxylation sites is 1. The first kappa shape index (κ1) is 20.3. The van der Waals surface area contributed by atoms with Crippen molar-refractivity contribution in [1.29, 1.82) is 0 Å². The first-order chi connectivity index (χ1) is 15.5. The molecule has 5 nitrogen and oxygen atoms in total. The maximum atomic E-state index is 13.3. The lowest BCUT2D eigenvalue weighted by Gasteiger charge is -2.27. The zero-order valence-corrected chi connectivity index (χ0v) is 18.4. The predicted molar refractivity (Wildman–Crippen MR) is 126 cm³/mol. The van der Waals surface area contributed by atoms with Crippen molar-refractivity contribution in [3.8, 4) is 0 Å². The van der Waals surface area contributed by atoms with E-state index in [4.69, 9.17) is 0 Å². The van der Waals surface area contributed by atoms with Crippen LogP contribution in [0.25, 0.3) is 10.9 Å². The lowest BCUT2D eigenvalue weighted by molar-refractivity contribution is -0.129. The molecule has 0 saturated heterocycles. The Morgan fingerprint density at radius 2 is 1.91 bits per heavy atom. The molecule has 0 radical (unpaired) electrons. The second kappa shape index (κ2) is 8.13. The molecule has 160 valence electrons. The largest absolute Gasteiger partial charge is 0.503 e. The Labute approximate surface area is 189 Å². The number of rotatable bonds is 6. The van der Waals surface area contributed by atoms with Crippen LogP contribution >= 0.6 is 11.3 Å². The third-order valence-electron chi connectivity index (χ3n) is 6.02. The summed E-state index contributed by atoms with van der Waals surface area (Å²) in [7, 11) is 0. The number of amides is 1. The minimum atomic E-state index is -0.624. The minimum absolute atomic E-state index is 0.149. The average molecular weight is 443 g/mol. The Bertz CT molecular complexity index is 1330. The number of carbonyl (C=O) groups is 2. The quantitative estimate of drug-likeness (QED) is 0.395. The van der Waals surface area contributed by atoms with E-state index in [2.05, 4.69) is 4.98 Å². The van der Waals surface area contributed by atoms with E-state index < -0.39 is 17.7 Å². The van der Waals surface area contributed by atoms with Crippen LogP contribution in [0.2, 0.25) is 0 Å². The van der Waals surface area contributed by atoms with Gasteiger partial charge in [-0.25, -0.2) is 0 Å². The number of ketones is 1. The number of aromatic amines is 1. The molecule has 0 saturated carbocycles. The number of hydrogen-bond donors (Lipinski definition) is 2. The normalized spacial score (nSPS) is 16.3. The molecule has 1 aliphatic heterocycles. The summed E-state index contributed by atoms with van der Waals surface area (Å²) in [6.45, 7) is 2.37. The number of hydrogen-bond acceptors (Lipinski definition) is 4. The molecular formula is C26H22N2O3S. The van der Waals surface area contributed by atoms with Crippen molar-refractivity contribution in [3.05, 3.63) is 105 Å². The van der Waals surface area contributed by atoms with Crippen molar-refractivity contribution < 1.29 is 14.7 Å². The van der Waals surface area contributed by atoms with Gasteiger partial charge in [-0.1, -0.05) is 48.0 Å². The molecule has 4 aromatic rings. The number of nitrogens with zero attached hydrogens (tertiary/aromatic N) is 1. The van der Waals surface area contributed by atoms with Gasteiger partial charge in [-0.3, -0.25) is 9.59 Å². The lowest BCUT2D eigenvalue weighted by atomic mass is 9.93. The number of Topliss-reactive ketones (excluding diaryl/α,β-unsaturated/α-hetero) is 1. The van der Waals surface area contributed by atoms with Gasteiger partial charge in [-0.2, -0.15) is 11.3 Å². The van der Waals surface area contributed by atoms with Crippen molar-refractivity contribution >= 4 is 33.9 Å². The van der Waals surface area contributed by atoms with Crippen molar-refractivity contribution in [1.82, 2.24) is 9.88 Å². The van der Waals surface area contributed by atoms with E-state index in [9.17, 15) is 14.7 Å². The van der Waals surface area contributed by atoms with Crippen LogP contribution in [0.1, 0.15) is 33.1 Å². The summed E-state index contributed by atoms with van der Waals surface area (Å²) < 4.78 is 0. The van der Waals surface area contributed by atoms with Crippen LogP contribution in [0.3, 0.4) is 0 Å². The van der Waals surface area contributed by atoms with Crippen molar-refractivity contribution in [2.45, 2.75) is 19.4 Å². The summed E-state index contributed by atoms with van der Waals surface area (Å²) in [5.74, 6) is -1.27. The maximum absolute atomic E-state index is 13.3. The molecule has 1 amide bonds. The van der Waals surface area contributed by atoms with E-state index in [-0.39, 0.29) is 11.4 Å². The summed E-state index contributed by atoms with van der Waals surface area (Å²) in [5, 5.41) is 15.4. The fraction of sp³-hybridized carbons (Fsp3) is 0.154. The fourth-order valence-electron chi connectivity index (χ4n) is 4.34. The van der Waals surface area contributed by atoms with Crippen molar-refractivity contribution in [3.63, 3.8) is 0 Å². The van der Waals surface area contributed by atoms with Crippen LogP contribution < -0.4 is 0 Å². The van der Waals surface area contributed by atoms with Gasteiger partial charge in [0.05, 0.1) is 11.6 Å². The first-order valence-corrected chi connectivity index (χ1v) is 11.4. The number of H-pyrrole nitrogens is 1. The van der Waals surface area contributed by atoms with Crippen LogP contribution in [0, 0.1) is 6.92 Å². The molecule has 0 fully saturated rings. The van der Waals surface area contributed by atoms with Gasteiger partial charge in [-0.05, 0) is 42.0 Å². The van der Waals surface area contributed by atoms with Gasteiger partial charge in [0.15, 0.2) is 11.5 Å². The van der Waals surface area contributed by atoms with Crippen LogP contribution in [0.15, 0.2) is 82.9 Å². The molecule has 2 aromatic heterocycles. The lowest BCUT2D eigenvalue weighted by Crippen LogP contribution is -2.33. The minimum Gasteiger partial charge on any atom is -0.503 e. The van der Waals surface area contributed by atoms with E-state index in [1.165, 1.54) is 11.3 Å². The molecule has 32 heavy (non-hydrogen) atoms. The Kier molecular flexibility index (Phi) is 5.15. The Morgan fingerprint density at radius 3 is 2.66 bits per heavy atom. The van der Waals surface area contributed by atoms with Gasteiger partial charge in [0.2, 0.25) is 0 Å². The molecule has 0 bridgehead atoms. The smallest absolute Gasteiger partial charge is 0.290 e. The number of aliphatic hydroxyl groups is 1. The summed E-state index contributed by atoms with van der Waals surface area (Å²) in [5.41, 5.74) is 4.66. The number of carbonyl (C=O) groups excluding carboxylic acids is 2. The highest BCUT2D eigenvalue weighted by molar-refractivity contribution is 7.08. The van der Waals surface area contributed by atoms with Crippen LogP contribution in [-0.2, 0) is 11.2 Å². The highest BCUT2D eigenvalue weighted by Crippen LogP contribution is 2.39. The third-order valence-corrected chi connectivity index (χ3v) is 6.70. The molecule has 2 aromatic carbocycles. The predicted octanol–water partition coefficient (Wildman–Crippen LogP) is 5.36. The van der Waals surface area contributed by atoms with Gasteiger partial charge in [-0.15, -0.1) is 0 Å². The molecule has 0 spiro atoms. The second-order valence-electron chi connectivity index (χ2n) is 8.02. The van der Waals surface area contributed by atoms with Crippen molar-refractivity contribution in [2.24, 2.45) is 0 Å². The maximum Gasteiger partial charge on any atom is 0.290 e. The van der Waals surface area contributed by atoms with Crippen LogP contribution in [-0.4, -0.2) is 33.2 Å². The van der Waals surface area contributed by atoms with Gasteiger partial charge in [0, 0.05) is 34.6 Å². The number of aromatic nitrogens is 1. The van der Waals surface area contributed by atoms with E-state index in [0.717, 1.165) is 27.6 Å². The monoisotopic (exact) mass is 442 g/mol. The molecule has 2 N–H and O–H groups in total. The summed E-state index contributed by atoms with van der Waals surface area (Å²) in [6.07, 6.45) is 2.56. The zero-order valence-electron chi connectivity index (χ0n) is 17.5. The number of aryl methyl sites for hydroxylation is 1. The Hall–Kier alpha value is -3.64. The van der Waals surface area contributed by atoms with E-state index in [1.54, 1.807) is 16.3 Å². The van der Waals surface area contributed by atoms with E-state index >= 15 is 0 Å². The summed E-state index contributed by atoms with van der Waals surface area (Å²) >= 11 is 1.41. The molecule has 5 rings (SSSR count). The molecule has 1 aliphatic rings. The van der Waals surface area contributed by atoms with Gasteiger partial charge in [0.1, 0.15) is 0 Å². The van der Waals surface area contributed by atoms with Crippen molar-refractivity contribution in [2.75, 3.05) is 6.54 Å². The second-order valence-corrected chi connectivity index (χ2v) is 8.80. The van der Waals surface area contributed by atoms with Gasteiger partial charge >= 0.3 is 0 Å². The van der Waals surface area contributed by atoms with E-state index in [0.29, 0.717) is 18.5 Å². The molecular weight excluding hydrogens is 420 g/mol. The zero-order chi connectivity index (χ0) is 22.2. The number of nitrogens with one attached hydrogen (secondary N) is 1.